The van der Waals surface area contributed by atoms with E-state index in [9.17, 15) is 18.0 Å². The van der Waals surface area contributed by atoms with Gasteiger partial charge in [-0.1, -0.05) is 6.08 Å². The number of amides is 1. The van der Waals surface area contributed by atoms with Crippen molar-refractivity contribution in [2.45, 2.75) is 65.2 Å². The van der Waals surface area contributed by atoms with Gasteiger partial charge in [0.15, 0.2) is 10.7 Å². The first-order chi connectivity index (χ1) is 9.78. The lowest BCUT2D eigenvalue weighted by atomic mass is 10.1. The van der Waals surface area contributed by atoms with Gasteiger partial charge < -0.3 is 14.8 Å². The van der Waals surface area contributed by atoms with Gasteiger partial charge in [-0.15, -0.1) is 0 Å². The Balaban J connectivity index is 4.84. The van der Waals surface area contributed by atoms with Gasteiger partial charge in [0.2, 0.25) is 0 Å². The monoisotopic (exact) mass is 335 g/mol. The van der Waals surface area contributed by atoms with Gasteiger partial charge in [0.25, 0.3) is 0 Å². The Kier molecular flexibility index (Phi) is 7.58. The van der Waals surface area contributed by atoms with Crippen LogP contribution in [0.5, 0.6) is 0 Å². The fraction of sp³-hybridized carbons (Fsp3) is 0.714. The van der Waals surface area contributed by atoms with E-state index in [1.165, 1.54) is 6.08 Å². The predicted molar refractivity (Wildman–Crippen MR) is 83.1 cm³/mol. The average Bonchev–Trinajstić information content (AvgIpc) is 2.19. The zero-order valence-electron chi connectivity index (χ0n) is 13.8. The zero-order chi connectivity index (χ0) is 17.6. The highest BCUT2D eigenvalue weighted by Gasteiger charge is 2.23. The highest BCUT2D eigenvalue weighted by atomic mass is 32.2. The topological polar surface area (TPSA) is 98.8 Å². The van der Waals surface area contributed by atoms with E-state index in [0.717, 1.165) is 5.41 Å². The van der Waals surface area contributed by atoms with Gasteiger partial charge in [-0.05, 0) is 41.5 Å². The van der Waals surface area contributed by atoms with E-state index in [1.54, 1.807) is 41.5 Å². The predicted octanol–water partition coefficient (Wildman–Crippen LogP) is 1.74. The van der Waals surface area contributed by atoms with Crippen LogP contribution in [-0.2, 0) is 25.0 Å². The number of hydrogen-bond donors (Lipinski definition) is 2. The molecule has 0 saturated carbocycles. The van der Waals surface area contributed by atoms with Crippen LogP contribution in [0.4, 0.5) is 4.79 Å². The number of carbonyl (C=O) groups is 2. The lowest BCUT2D eigenvalue weighted by molar-refractivity contribution is -0.155. The first kappa shape index (κ1) is 20.4. The lowest BCUT2D eigenvalue weighted by Gasteiger charge is -2.23. The van der Waals surface area contributed by atoms with Gasteiger partial charge in [-0.3, -0.25) is 4.79 Å². The molecule has 0 unspecified atom stereocenters. The third-order valence-electron chi connectivity index (χ3n) is 1.95. The van der Waals surface area contributed by atoms with Crippen LogP contribution in [0, 0.1) is 0 Å². The van der Waals surface area contributed by atoms with Gasteiger partial charge in [0.1, 0.15) is 11.2 Å². The van der Waals surface area contributed by atoms with Crippen molar-refractivity contribution in [1.82, 2.24) is 5.32 Å². The first-order valence-electron chi connectivity index (χ1n) is 6.82. The number of alkyl carbamates (subject to hydrolysis) is 1. The molecule has 0 rings (SSSR count). The number of rotatable bonds is 5. The lowest BCUT2D eigenvalue weighted by Crippen LogP contribution is -2.40. The number of esters is 1. The third kappa shape index (κ3) is 12.2. The molecule has 0 aromatic carbocycles. The molecule has 0 fully saturated rings. The fourth-order valence-corrected chi connectivity index (χ4v) is 1.71. The molecule has 128 valence electrons. The molecule has 1 amide bonds. The molecule has 0 aromatic heterocycles. The molecule has 0 spiro atoms. The fourth-order valence-electron chi connectivity index (χ4n) is 1.36. The molecular weight excluding hydrogens is 310 g/mol. The molecule has 7 nitrogen and oxygen atoms in total. The van der Waals surface area contributed by atoms with Crippen LogP contribution in [-0.4, -0.2) is 37.7 Å². The van der Waals surface area contributed by atoms with Crippen molar-refractivity contribution >= 4 is 22.8 Å². The summed E-state index contributed by atoms with van der Waals surface area (Å²) in [5, 5.41) is 3.32. The van der Waals surface area contributed by atoms with Crippen LogP contribution in [0.1, 0.15) is 48.0 Å². The number of ether oxygens (including phenoxy) is 2. The smallest absolute Gasteiger partial charge is 0.408 e. The van der Waals surface area contributed by atoms with Gasteiger partial charge >= 0.3 is 12.1 Å². The van der Waals surface area contributed by atoms with Crippen molar-refractivity contribution in [3.8, 4) is 0 Å². The minimum atomic E-state index is -2.76. The van der Waals surface area contributed by atoms with Crippen molar-refractivity contribution < 1.29 is 27.5 Å². The molecule has 0 aliphatic rings. The molecule has 1 N–H and O–H groups in total. The van der Waals surface area contributed by atoms with Gasteiger partial charge in [-0.25, -0.2) is 13.2 Å². The van der Waals surface area contributed by atoms with E-state index < -0.39 is 40.0 Å². The number of carbonyl (C=O) groups excluding carboxylic acids is 2. The molecular formula is C14H25NO6S. The Hall–Kier alpha value is -1.57. The summed E-state index contributed by atoms with van der Waals surface area (Å²) < 4.78 is 31.5. The summed E-state index contributed by atoms with van der Waals surface area (Å²) in [5.41, 5.74) is -1.37. The second-order valence-electron chi connectivity index (χ2n) is 6.67. The quantitative estimate of drug-likeness (QED) is 0.586. The molecule has 0 radical (unpaired) electrons. The Morgan fingerprint density at radius 2 is 1.55 bits per heavy atom. The summed E-state index contributed by atoms with van der Waals surface area (Å²) in [6.07, 6.45) is 0.266. The Morgan fingerprint density at radius 1 is 1.05 bits per heavy atom. The van der Waals surface area contributed by atoms with Crippen LogP contribution in [0.15, 0.2) is 11.5 Å². The van der Waals surface area contributed by atoms with E-state index in [-0.39, 0.29) is 6.42 Å². The maximum absolute atomic E-state index is 11.8. The third-order valence-corrected chi connectivity index (χ3v) is 2.36. The molecule has 0 aromatic rings. The highest BCUT2D eigenvalue weighted by Crippen LogP contribution is 2.11. The van der Waals surface area contributed by atoms with Crippen molar-refractivity contribution in [2.75, 3.05) is 0 Å². The molecule has 8 heteroatoms. The van der Waals surface area contributed by atoms with Crippen LogP contribution in [0.2, 0.25) is 0 Å². The second-order valence-corrected chi connectivity index (χ2v) is 7.54. The summed E-state index contributed by atoms with van der Waals surface area (Å²) in [4.78, 5) is 23.5. The maximum Gasteiger partial charge on any atom is 0.408 e. The van der Waals surface area contributed by atoms with Gasteiger partial charge in [0.05, 0.1) is 12.5 Å². The minimum Gasteiger partial charge on any atom is -0.460 e. The van der Waals surface area contributed by atoms with E-state index >= 15 is 0 Å². The maximum atomic E-state index is 11.8. The number of nitrogens with one attached hydrogen (secondary N) is 1. The summed E-state index contributed by atoms with van der Waals surface area (Å²) in [6.45, 7) is 10.2. The van der Waals surface area contributed by atoms with Crippen LogP contribution >= 0.6 is 0 Å². The summed E-state index contributed by atoms with van der Waals surface area (Å²) in [5.74, 6) is -0.556. The highest BCUT2D eigenvalue weighted by molar-refractivity contribution is 7.75. The largest absolute Gasteiger partial charge is 0.460 e. The summed E-state index contributed by atoms with van der Waals surface area (Å²) in [7, 11) is -2.76. The summed E-state index contributed by atoms with van der Waals surface area (Å²) in [6, 6.07) is -0.836. The molecule has 0 saturated heterocycles. The Bertz CT molecular complexity index is 458. The van der Waals surface area contributed by atoms with E-state index in [1.807, 2.05) is 0 Å². The van der Waals surface area contributed by atoms with Crippen molar-refractivity contribution in [1.29, 1.82) is 0 Å². The Labute approximate surface area is 133 Å². The Morgan fingerprint density at radius 3 is 1.95 bits per heavy atom. The van der Waals surface area contributed by atoms with E-state index in [0.29, 0.717) is 0 Å². The molecule has 0 aliphatic carbocycles. The van der Waals surface area contributed by atoms with E-state index in [2.05, 4.69) is 5.32 Å². The molecule has 0 bridgehead atoms. The number of thiol groups is 1. The van der Waals surface area contributed by atoms with Crippen LogP contribution in [0.25, 0.3) is 0 Å². The normalized spacial score (nSPS) is 14.0. The first-order valence-corrected chi connectivity index (χ1v) is 8.06. The standard InChI is InChI=1S/C14H25NO6S/c1-13(2,3)20-11(16)9-10(7-8-22(18)19)15-12(17)21-14(4,5)6/h7-8,10,22H,9H2,1-6H3,(H,15,17)/b8-7+/t10-/m1/s1. The van der Waals surface area contributed by atoms with Crippen molar-refractivity contribution in [2.24, 2.45) is 0 Å². The molecule has 1 atom stereocenters. The molecule has 0 heterocycles. The van der Waals surface area contributed by atoms with E-state index in [4.69, 9.17) is 9.47 Å². The summed E-state index contributed by atoms with van der Waals surface area (Å²) >= 11 is 0. The molecule has 22 heavy (non-hydrogen) atoms. The van der Waals surface area contributed by atoms with Crippen molar-refractivity contribution in [3.63, 3.8) is 0 Å². The van der Waals surface area contributed by atoms with Gasteiger partial charge in [-0.2, -0.15) is 0 Å². The van der Waals surface area contributed by atoms with Crippen LogP contribution < -0.4 is 5.32 Å². The van der Waals surface area contributed by atoms with Crippen LogP contribution in [0.3, 0.4) is 0 Å². The SMILES string of the molecule is CC(C)(C)OC(=O)C[C@@H](/C=C/[SH](=O)=O)NC(=O)OC(C)(C)C. The van der Waals surface area contributed by atoms with Crippen molar-refractivity contribution in [3.05, 3.63) is 11.5 Å². The van der Waals surface area contributed by atoms with Gasteiger partial charge in [0, 0.05) is 5.41 Å². The zero-order valence-corrected chi connectivity index (χ0v) is 14.7. The number of hydrogen-bond acceptors (Lipinski definition) is 6. The minimum absolute atomic E-state index is 0.198. The molecule has 0 aliphatic heterocycles. The average molecular weight is 335 g/mol. The second kappa shape index (κ2) is 8.17.